The van der Waals surface area contributed by atoms with Crippen LogP contribution in [0.15, 0.2) is 28.7 Å². The van der Waals surface area contributed by atoms with Gasteiger partial charge < -0.3 is 9.15 Å². The second-order valence-corrected chi connectivity index (χ2v) is 6.62. The molecule has 24 heavy (non-hydrogen) atoms. The summed E-state index contributed by atoms with van der Waals surface area (Å²) in [6, 6.07) is 8.15. The van der Waals surface area contributed by atoms with Gasteiger partial charge in [0.2, 0.25) is 5.89 Å². The number of nitrogens with one attached hydrogen (secondary N) is 1. The molecule has 0 atom stereocenters. The fourth-order valence-electron chi connectivity index (χ4n) is 2.85. The van der Waals surface area contributed by atoms with Gasteiger partial charge in [-0.1, -0.05) is 5.10 Å². The highest BCUT2D eigenvalue weighted by atomic mass is 32.1. The first-order valence-electron chi connectivity index (χ1n) is 7.55. The lowest BCUT2D eigenvalue weighted by molar-refractivity contribution is 0.102. The third-order valence-electron chi connectivity index (χ3n) is 4.00. The number of aryl methyl sites for hydroxylation is 3. The lowest BCUT2D eigenvalue weighted by Crippen LogP contribution is -2.10. The van der Waals surface area contributed by atoms with Crippen LogP contribution in [0.5, 0.6) is 5.75 Å². The van der Waals surface area contributed by atoms with Gasteiger partial charge in [0, 0.05) is 11.8 Å². The molecule has 2 heterocycles. The lowest BCUT2D eigenvalue weighted by atomic mass is 9.91. The highest BCUT2D eigenvalue weighted by molar-refractivity contribution is 7.17. The number of methoxy groups -OCH3 is 1. The van der Waals surface area contributed by atoms with Crippen molar-refractivity contribution in [3.63, 3.8) is 0 Å². The van der Waals surface area contributed by atoms with Gasteiger partial charge in [0.25, 0.3) is 5.91 Å². The topological polar surface area (TPSA) is 77.2 Å². The Hall–Kier alpha value is -2.67. The number of nitrogens with zero attached hydrogens (tertiary/aromatic N) is 2. The highest BCUT2D eigenvalue weighted by Crippen LogP contribution is 2.40. The molecule has 0 fully saturated rings. The second kappa shape index (κ2) is 5.76. The van der Waals surface area contributed by atoms with Crippen molar-refractivity contribution in [2.75, 3.05) is 12.4 Å². The summed E-state index contributed by atoms with van der Waals surface area (Å²) in [5.74, 6) is 1.05. The van der Waals surface area contributed by atoms with Gasteiger partial charge in [-0.15, -0.1) is 16.4 Å². The van der Waals surface area contributed by atoms with Crippen molar-refractivity contribution >= 4 is 23.3 Å². The number of hydrogen-bond acceptors (Lipinski definition) is 6. The normalized spacial score (nSPS) is 12.4. The predicted octanol–water partition coefficient (Wildman–Crippen LogP) is 3.47. The van der Waals surface area contributed by atoms with Crippen molar-refractivity contribution in [2.45, 2.75) is 19.8 Å². The number of carbonyl (C=O) groups is 1. The van der Waals surface area contributed by atoms with Crippen LogP contribution in [-0.2, 0) is 12.8 Å². The SMILES string of the molecule is COc1ccc2c(c1)CCc1cc(C(=O)Nc3nnc(C)o3)sc1-2. The molecule has 1 aliphatic rings. The monoisotopic (exact) mass is 341 g/mol. The summed E-state index contributed by atoms with van der Waals surface area (Å²) >= 11 is 1.48. The van der Waals surface area contributed by atoms with Crippen LogP contribution in [0.4, 0.5) is 6.01 Å². The van der Waals surface area contributed by atoms with Crippen molar-refractivity contribution in [2.24, 2.45) is 0 Å². The summed E-state index contributed by atoms with van der Waals surface area (Å²) in [6.07, 6.45) is 1.86. The number of benzene rings is 1. The van der Waals surface area contributed by atoms with E-state index >= 15 is 0 Å². The zero-order valence-electron chi connectivity index (χ0n) is 13.3. The maximum absolute atomic E-state index is 12.4. The van der Waals surface area contributed by atoms with Crippen LogP contribution in [0.25, 0.3) is 10.4 Å². The Balaban J connectivity index is 1.64. The van der Waals surface area contributed by atoms with Gasteiger partial charge in [-0.3, -0.25) is 10.1 Å². The van der Waals surface area contributed by atoms with Crippen LogP contribution in [0.3, 0.4) is 0 Å². The molecule has 0 unspecified atom stereocenters. The Labute approximate surface area is 142 Å². The maximum Gasteiger partial charge on any atom is 0.322 e. The average molecular weight is 341 g/mol. The molecule has 2 aromatic heterocycles. The van der Waals surface area contributed by atoms with Crippen LogP contribution in [-0.4, -0.2) is 23.2 Å². The van der Waals surface area contributed by atoms with Gasteiger partial charge in [0.15, 0.2) is 0 Å². The minimum absolute atomic E-state index is 0.119. The van der Waals surface area contributed by atoms with E-state index in [1.165, 1.54) is 28.0 Å². The molecule has 4 rings (SSSR count). The molecule has 7 heteroatoms. The number of anilines is 1. The van der Waals surface area contributed by atoms with E-state index in [9.17, 15) is 4.79 Å². The van der Waals surface area contributed by atoms with Crippen LogP contribution >= 0.6 is 11.3 Å². The zero-order valence-corrected chi connectivity index (χ0v) is 14.1. The van der Waals surface area contributed by atoms with Crippen molar-refractivity contribution in [1.29, 1.82) is 0 Å². The average Bonchev–Trinajstić information content (AvgIpc) is 3.20. The van der Waals surface area contributed by atoms with E-state index < -0.39 is 0 Å². The molecular weight excluding hydrogens is 326 g/mol. The molecular formula is C17H15N3O3S. The lowest BCUT2D eigenvalue weighted by Gasteiger charge is -2.16. The van der Waals surface area contributed by atoms with E-state index in [-0.39, 0.29) is 11.9 Å². The molecule has 3 aromatic rings. The van der Waals surface area contributed by atoms with Gasteiger partial charge in [0.1, 0.15) is 5.75 Å². The first-order chi connectivity index (χ1) is 11.6. The molecule has 1 N–H and O–H groups in total. The highest BCUT2D eigenvalue weighted by Gasteiger charge is 2.22. The summed E-state index contributed by atoms with van der Waals surface area (Å²) in [6.45, 7) is 1.68. The minimum Gasteiger partial charge on any atom is -0.497 e. The number of aromatic nitrogens is 2. The van der Waals surface area contributed by atoms with E-state index in [0.29, 0.717) is 10.8 Å². The van der Waals surface area contributed by atoms with Gasteiger partial charge in [0.05, 0.1) is 12.0 Å². The van der Waals surface area contributed by atoms with Crippen molar-refractivity contribution in [3.05, 3.63) is 46.2 Å². The van der Waals surface area contributed by atoms with Crippen LogP contribution in [0.1, 0.15) is 26.7 Å². The molecule has 1 aromatic carbocycles. The molecule has 1 amide bonds. The Morgan fingerprint density at radius 2 is 2.08 bits per heavy atom. The van der Waals surface area contributed by atoms with Gasteiger partial charge in [-0.05, 0) is 53.8 Å². The third kappa shape index (κ3) is 2.56. The molecule has 6 nitrogen and oxygen atoms in total. The predicted molar refractivity (Wildman–Crippen MR) is 90.7 cm³/mol. The number of hydrogen-bond donors (Lipinski definition) is 1. The fraction of sp³-hybridized carbons (Fsp3) is 0.235. The van der Waals surface area contributed by atoms with Crippen LogP contribution in [0, 0.1) is 6.92 Å². The number of amides is 1. The maximum atomic E-state index is 12.4. The Kier molecular flexibility index (Phi) is 3.57. The smallest absolute Gasteiger partial charge is 0.322 e. The van der Waals surface area contributed by atoms with Gasteiger partial charge in [-0.25, -0.2) is 0 Å². The first kappa shape index (κ1) is 14.9. The van der Waals surface area contributed by atoms with Gasteiger partial charge >= 0.3 is 6.01 Å². The van der Waals surface area contributed by atoms with E-state index in [0.717, 1.165) is 23.5 Å². The van der Waals surface area contributed by atoms with Crippen molar-refractivity contribution in [1.82, 2.24) is 10.2 Å². The number of carbonyl (C=O) groups excluding carboxylic acids is 1. The first-order valence-corrected chi connectivity index (χ1v) is 8.37. The second-order valence-electron chi connectivity index (χ2n) is 5.57. The molecule has 0 aliphatic heterocycles. The van der Waals surface area contributed by atoms with E-state index in [1.807, 2.05) is 12.1 Å². The Morgan fingerprint density at radius 3 is 2.83 bits per heavy atom. The molecule has 1 aliphatic carbocycles. The Bertz CT molecular complexity index is 929. The van der Waals surface area contributed by atoms with Gasteiger partial charge in [-0.2, -0.15) is 0 Å². The summed E-state index contributed by atoms with van der Waals surface area (Å²) in [5, 5.41) is 10.1. The van der Waals surface area contributed by atoms with E-state index in [2.05, 4.69) is 27.6 Å². The summed E-state index contributed by atoms with van der Waals surface area (Å²) in [4.78, 5) is 14.2. The summed E-state index contributed by atoms with van der Waals surface area (Å²) in [5.41, 5.74) is 3.63. The number of rotatable bonds is 3. The number of thiophene rings is 1. The minimum atomic E-state index is -0.229. The molecule has 0 saturated carbocycles. The standard InChI is InChI=1S/C17H15N3O3S/c1-9-19-20-17(23-9)18-16(21)14-8-11-4-3-10-7-12(22-2)5-6-13(10)15(11)24-14/h5-8H,3-4H2,1-2H3,(H,18,20,21). The molecule has 0 radical (unpaired) electrons. The Morgan fingerprint density at radius 1 is 1.25 bits per heavy atom. The van der Waals surface area contributed by atoms with Crippen LogP contribution in [0.2, 0.25) is 0 Å². The van der Waals surface area contributed by atoms with E-state index in [1.54, 1.807) is 14.0 Å². The third-order valence-corrected chi connectivity index (χ3v) is 5.21. The zero-order chi connectivity index (χ0) is 16.7. The molecule has 0 bridgehead atoms. The van der Waals surface area contributed by atoms with E-state index in [4.69, 9.17) is 9.15 Å². The van der Waals surface area contributed by atoms with Crippen molar-refractivity contribution in [3.8, 4) is 16.2 Å². The fourth-order valence-corrected chi connectivity index (χ4v) is 4.02. The quantitative estimate of drug-likeness (QED) is 0.789. The molecule has 122 valence electrons. The number of fused-ring (bicyclic) bond motifs is 3. The van der Waals surface area contributed by atoms with Crippen LogP contribution < -0.4 is 10.1 Å². The van der Waals surface area contributed by atoms with Crippen molar-refractivity contribution < 1.29 is 13.9 Å². The largest absolute Gasteiger partial charge is 0.497 e. The molecule has 0 saturated heterocycles. The number of ether oxygens (including phenoxy) is 1. The summed E-state index contributed by atoms with van der Waals surface area (Å²) < 4.78 is 10.5. The molecule has 0 spiro atoms. The summed E-state index contributed by atoms with van der Waals surface area (Å²) in [7, 11) is 1.67.